The lowest BCUT2D eigenvalue weighted by atomic mass is 10.1. The molecule has 0 saturated carbocycles. The standard InChI is InChI=1S/C14H14BrFN2/c1-10(14-4-2-3-7-17-14)18-9-11-8-12(16)5-6-13(11)15/h2-8,10,18H,9H2,1H3/t10-/m1/s1. The summed E-state index contributed by atoms with van der Waals surface area (Å²) >= 11 is 3.41. The van der Waals surface area contributed by atoms with Gasteiger partial charge in [0, 0.05) is 23.3 Å². The van der Waals surface area contributed by atoms with Crippen LogP contribution in [0, 0.1) is 5.82 Å². The predicted molar refractivity (Wildman–Crippen MR) is 73.6 cm³/mol. The zero-order valence-corrected chi connectivity index (χ0v) is 11.6. The van der Waals surface area contributed by atoms with Crippen LogP contribution in [0.2, 0.25) is 0 Å². The summed E-state index contributed by atoms with van der Waals surface area (Å²) in [6.07, 6.45) is 1.77. The molecule has 2 nitrogen and oxygen atoms in total. The first kappa shape index (κ1) is 13.2. The number of rotatable bonds is 4. The number of hydrogen-bond donors (Lipinski definition) is 1. The van der Waals surface area contributed by atoms with Gasteiger partial charge in [-0.3, -0.25) is 4.98 Å². The summed E-state index contributed by atoms with van der Waals surface area (Å²) in [5.41, 5.74) is 1.88. The van der Waals surface area contributed by atoms with E-state index >= 15 is 0 Å². The lowest BCUT2D eigenvalue weighted by molar-refractivity contribution is 0.556. The Labute approximate surface area is 114 Å². The third-order valence-corrected chi connectivity index (χ3v) is 3.51. The van der Waals surface area contributed by atoms with Crippen LogP contribution in [0.3, 0.4) is 0 Å². The Morgan fingerprint density at radius 1 is 1.33 bits per heavy atom. The van der Waals surface area contributed by atoms with Crippen LogP contribution in [-0.2, 0) is 6.54 Å². The molecule has 0 unspecified atom stereocenters. The fourth-order valence-corrected chi connectivity index (χ4v) is 2.07. The quantitative estimate of drug-likeness (QED) is 0.928. The smallest absolute Gasteiger partial charge is 0.123 e. The molecule has 0 amide bonds. The van der Waals surface area contributed by atoms with Gasteiger partial charge in [0.05, 0.1) is 5.69 Å². The Kier molecular flexibility index (Phi) is 4.44. The van der Waals surface area contributed by atoms with E-state index in [1.807, 2.05) is 25.1 Å². The van der Waals surface area contributed by atoms with Crippen molar-refractivity contribution in [2.75, 3.05) is 0 Å². The second-order valence-electron chi connectivity index (χ2n) is 4.09. The highest BCUT2D eigenvalue weighted by molar-refractivity contribution is 9.10. The maximum Gasteiger partial charge on any atom is 0.123 e. The number of nitrogens with one attached hydrogen (secondary N) is 1. The largest absolute Gasteiger partial charge is 0.305 e. The number of nitrogens with zero attached hydrogens (tertiary/aromatic N) is 1. The van der Waals surface area contributed by atoms with Crippen LogP contribution in [0.4, 0.5) is 4.39 Å². The number of benzene rings is 1. The minimum Gasteiger partial charge on any atom is -0.305 e. The van der Waals surface area contributed by atoms with E-state index in [2.05, 4.69) is 26.2 Å². The van der Waals surface area contributed by atoms with Crippen molar-refractivity contribution in [1.29, 1.82) is 0 Å². The zero-order chi connectivity index (χ0) is 13.0. The first-order valence-corrected chi connectivity index (χ1v) is 6.54. The highest BCUT2D eigenvalue weighted by Gasteiger charge is 2.07. The van der Waals surface area contributed by atoms with E-state index in [0.717, 1.165) is 15.7 Å². The molecule has 0 aliphatic rings. The summed E-state index contributed by atoms with van der Waals surface area (Å²) in [5.74, 6) is -0.222. The first-order valence-electron chi connectivity index (χ1n) is 5.75. The number of pyridine rings is 1. The van der Waals surface area contributed by atoms with Gasteiger partial charge in [-0.05, 0) is 42.8 Å². The van der Waals surface area contributed by atoms with E-state index in [-0.39, 0.29) is 11.9 Å². The van der Waals surface area contributed by atoms with E-state index in [9.17, 15) is 4.39 Å². The van der Waals surface area contributed by atoms with Crippen molar-refractivity contribution in [1.82, 2.24) is 10.3 Å². The lowest BCUT2D eigenvalue weighted by Gasteiger charge is -2.14. The Morgan fingerprint density at radius 2 is 2.17 bits per heavy atom. The van der Waals surface area contributed by atoms with Crippen LogP contribution in [0.5, 0.6) is 0 Å². The summed E-state index contributed by atoms with van der Waals surface area (Å²) in [6, 6.07) is 10.6. The fraction of sp³-hybridized carbons (Fsp3) is 0.214. The van der Waals surface area contributed by atoms with Gasteiger partial charge in [0.1, 0.15) is 5.82 Å². The van der Waals surface area contributed by atoms with Gasteiger partial charge >= 0.3 is 0 Å². The molecule has 0 saturated heterocycles. The van der Waals surface area contributed by atoms with E-state index in [4.69, 9.17) is 0 Å². The van der Waals surface area contributed by atoms with Crippen LogP contribution in [-0.4, -0.2) is 4.98 Å². The van der Waals surface area contributed by atoms with Gasteiger partial charge in [-0.2, -0.15) is 0 Å². The average Bonchev–Trinajstić information content (AvgIpc) is 2.40. The molecule has 1 atom stereocenters. The van der Waals surface area contributed by atoms with Gasteiger partial charge in [0.2, 0.25) is 0 Å². The van der Waals surface area contributed by atoms with Gasteiger partial charge in [-0.25, -0.2) is 4.39 Å². The molecule has 0 spiro atoms. The molecule has 0 aliphatic carbocycles. The zero-order valence-electron chi connectivity index (χ0n) is 10.0. The second kappa shape index (κ2) is 6.07. The molecular weight excluding hydrogens is 295 g/mol. The Bertz CT molecular complexity index is 516. The minimum absolute atomic E-state index is 0.126. The molecule has 1 aromatic heterocycles. The Hall–Kier alpha value is -1.26. The molecule has 2 aromatic rings. The molecule has 18 heavy (non-hydrogen) atoms. The van der Waals surface area contributed by atoms with Crippen LogP contribution < -0.4 is 5.32 Å². The Morgan fingerprint density at radius 3 is 2.89 bits per heavy atom. The second-order valence-corrected chi connectivity index (χ2v) is 4.95. The van der Waals surface area contributed by atoms with Gasteiger partial charge in [0.25, 0.3) is 0 Å². The maximum atomic E-state index is 13.1. The maximum absolute atomic E-state index is 13.1. The van der Waals surface area contributed by atoms with Crippen molar-refractivity contribution in [3.8, 4) is 0 Å². The summed E-state index contributed by atoms with van der Waals surface area (Å²) < 4.78 is 14.0. The third-order valence-electron chi connectivity index (χ3n) is 2.74. The Balaban J connectivity index is 2.01. The van der Waals surface area contributed by atoms with E-state index < -0.39 is 0 Å². The van der Waals surface area contributed by atoms with Crippen LogP contribution in [0.15, 0.2) is 47.1 Å². The average molecular weight is 309 g/mol. The van der Waals surface area contributed by atoms with Crippen molar-refractivity contribution in [3.05, 3.63) is 64.1 Å². The topological polar surface area (TPSA) is 24.9 Å². The molecule has 2 rings (SSSR count). The van der Waals surface area contributed by atoms with Crippen LogP contribution in [0.1, 0.15) is 24.2 Å². The number of halogens is 2. The molecule has 0 aliphatic heterocycles. The van der Waals surface area contributed by atoms with Gasteiger partial charge in [-0.1, -0.05) is 22.0 Å². The van der Waals surface area contributed by atoms with Crippen molar-refractivity contribution in [2.24, 2.45) is 0 Å². The van der Waals surface area contributed by atoms with Crippen molar-refractivity contribution in [2.45, 2.75) is 19.5 Å². The third kappa shape index (κ3) is 3.37. The van der Waals surface area contributed by atoms with Crippen molar-refractivity contribution in [3.63, 3.8) is 0 Å². The number of hydrogen-bond acceptors (Lipinski definition) is 2. The lowest BCUT2D eigenvalue weighted by Crippen LogP contribution is -2.19. The summed E-state index contributed by atoms with van der Waals surface area (Å²) in [4.78, 5) is 4.28. The molecule has 1 N–H and O–H groups in total. The summed E-state index contributed by atoms with van der Waals surface area (Å²) in [5, 5.41) is 3.32. The van der Waals surface area contributed by atoms with Gasteiger partial charge in [0.15, 0.2) is 0 Å². The normalized spacial score (nSPS) is 12.4. The molecule has 0 fully saturated rings. The van der Waals surface area contributed by atoms with E-state index in [1.54, 1.807) is 12.3 Å². The minimum atomic E-state index is -0.222. The van der Waals surface area contributed by atoms with E-state index in [1.165, 1.54) is 12.1 Å². The predicted octanol–water partition coefficient (Wildman–Crippen LogP) is 3.83. The summed E-state index contributed by atoms with van der Waals surface area (Å²) in [7, 11) is 0. The summed E-state index contributed by atoms with van der Waals surface area (Å²) in [6.45, 7) is 2.63. The molecule has 94 valence electrons. The highest BCUT2D eigenvalue weighted by atomic mass is 79.9. The van der Waals surface area contributed by atoms with Crippen molar-refractivity contribution < 1.29 is 4.39 Å². The molecule has 0 bridgehead atoms. The molecule has 1 aromatic carbocycles. The fourth-order valence-electron chi connectivity index (χ4n) is 1.68. The van der Waals surface area contributed by atoms with Gasteiger partial charge < -0.3 is 5.32 Å². The first-order chi connectivity index (χ1) is 8.66. The van der Waals surface area contributed by atoms with E-state index in [0.29, 0.717) is 6.54 Å². The van der Waals surface area contributed by atoms with Crippen LogP contribution >= 0.6 is 15.9 Å². The SMILES string of the molecule is C[C@@H](NCc1cc(F)ccc1Br)c1ccccn1. The van der Waals surface area contributed by atoms with Crippen LogP contribution in [0.25, 0.3) is 0 Å². The number of aromatic nitrogens is 1. The highest BCUT2D eigenvalue weighted by Crippen LogP contribution is 2.19. The molecule has 4 heteroatoms. The molecule has 0 radical (unpaired) electrons. The molecule has 1 heterocycles. The monoisotopic (exact) mass is 308 g/mol. The van der Waals surface area contributed by atoms with Gasteiger partial charge in [-0.15, -0.1) is 0 Å². The molecular formula is C14H14BrFN2. The van der Waals surface area contributed by atoms with Crippen molar-refractivity contribution >= 4 is 15.9 Å².